The molecule has 1 aromatic carbocycles. The second-order valence-electron chi connectivity index (χ2n) is 4.72. The first kappa shape index (κ1) is 15.3. The van der Waals surface area contributed by atoms with E-state index in [9.17, 15) is 9.59 Å². The number of hydrogen-bond donors (Lipinski definition) is 1. The van der Waals surface area contributed by atoms with Gasteiger partial charge in [-0.2, -0.15) is 0 Å². The quantitative estimate of drug-likeness (QED) is 0.822. The number of carbonyl (C=O) groups excluding carboxylic acids is 2. The van der Waals surface area contributed by atoms with E-state index in [4.69, 9.17) is 11.6 Å². The van der Waals surface area contributed by atoms with Crippen LogP contribution in [0.15, 0.2) is 22.7 Å². The normalized spacial score (nSPS) is 14.7. The third-order valence-corrected chi connectivity index (χ3v) is 4.06. The standard InChI is InChI=1S/C14H16BrClN2O2/c15-10-4-5-12(16)11(9-10)14(20)17-6-2-8-18-7-1-3-13(18)19/h4-5,9H,1-3,6-8H2,(H,17,20). The Morgan fingerprint density at radius 3 is 2.95 bits per heavy atom. The predicted octanol–water partition coefficient (Wildman–Crippen LogP) is 2.84. The van der Waals surface area contributed by atoms with Crippen molar-refractivity contribution in [3.8, 4) is 0 Å². The molecule has 1 fully saturated rings. The van der Waals surface area contributed by atoms with Gasteiger partial charge in [0.15, 0.2) is 0 Å². The smallest absolute Gasteiger partial charge is 0.252 e. The zero-order chi connectivity index (χ0) is 14.5. The van der Waals surface area contributed by atoms with Gasteiger partial charge in [-0.25, -0.2) is 0 Å². The predicted molar refractivity (Wildman–Crippen MR) is 81.9 cm³/mol. The summed E-state index contributed by atoms with van der Waals surface area (Å²) < 4.78 is 0.815. The Labute approximate surface area is 131 Å². The summed E-state index contributed by atoms with van der Waals surface area (Å²) in [7, 11) is 0. The summed E-state index contributed by atoms with van der Waals surface area (Å²) in [6.45, 7) is 2.07. The maximum Gasteiger partial charge on any atom is 0.252 e. The van der Waals surface area contributed by atoms with Gasteiger partial charge in [-0.05, 0) is 31.0 Å². The van der Waals surface area contributed by atoms with Crippen molar-refractivity contribution in [1.82, 2.24) is 10.2 Å². The molecule has 0 bridgehead atoms. The average Bonchev–Trinajstić information content (AvgIpc) is 2.83. The summed E-state index contributed by atoms with van der Waals surface area (Å²) in [6, 6.07) is 5.17. The van der Waals surface area contributed by atoms with Gasteiger partial charge in [0.05, 0.1) is 10.6 Å². The molecule has 1 aliphatic heterocycles. The van der Waals surface area contributed by atoms with Crippen LogP contribution in [0, 0.1) is 0 Å². The molecule has 0 aliphatic carbocycles. The maximum absolute atomic E-state index is 12.0. The van der Waals surface area contributed by atoms with E-state index < -0.39 is 0 Å². The van der Waals surface area contributed by atoms with Crippen molar-refractivity contribution < 1.29 is 9.59 Å². The van der Waals surface area contributed by atoms with Crippen molar-refractivity contribution in [3.63, 3.8) is 0 Å². The number of hydrogen-bond acceptors (Lipinski definition) is 2. The van der Waals surface area contributed by atoms with E-state index in [1.165, 1.54) is 0 Å². The lowest BCUT2D eigenvalue weighted by atomic mass is 10.2. The summed E-state index contributed by atoms with van der Waals surface area (Å²) in [5.41, 5.74) is 0.457. The van der Waals surface area contributed by atoms with Crippen molar-refractivity contribution >= 4 is 39.3 Å². The summed E-state index contributed by atoms with van der Waals surface area (Å²) >= 11 is 9.31. The van der Waals surface area contributed by atoms with Gasteiger partial charge in [-0.15, -0.1) is 0 Å². The van der Waals surface area contributed by atoms with Crippen molar-refractivity contribution in [3.05, 3.63) is 33.3 Å². The lowest BCUT2D eigenvalue weighted by molar-refractivity contribution is -0.127. The van der Waals surface area contributed by atoms with Crippen molar-refractivity contribution in [2.24, 2.45) is 0 Å². The summed E-state index contributed by atoms with van der Waals surface area (Å²) in [5, 5.41) is 3.25. The fraction of sp³-hybridized carbons (Fsp3) is 0.429. The van der Waals surface area contributed by atoms with Crippen LogP contribution in [0.25, 0.3) is 0 Å². The molecule has 0 unspecified atom stereocenters. The van der Waals surface area contributed by atoms with Crippen LogP contribution >= 0.6 is 27.5 Å². The van der Waals surface area contributed by atoms with Crippen LogP contribution in [0.1, 0.15) is 29.6 Å². The van der Waals surface area contributed by atoms with E-state index in [0.29, 0.717) is 30.1 Å². The Kier molecular flexibility index (Phi) is 5.43. The Morgan fingerprint density at radius 1 is 1.45 bits per heavy atom. The molecule has 4 nitrogen and oxygen atoms in total. The minimum atomic E-state index is -0.191. The molecule has 1 aromatic rings. The van der Waals surface area contributed by atoms with E-state index in [0.717, 1.165) is 23.9 Å². The fourth-order valence-electron chi connectivity index (χ4n) is 2.18. The third kappa shape index (κ3) is 3.96. The van der Waals surface area contributed by atoms with Crippen LogP contribution in [0.5, 0.6) is 0 Å². The van der Waals surface area contributed by atoms with Crippen LogP contribution in [0.3, 0.4) is 0 Å². The number of benzene rings is 1. The van der Waals surface area contributed by atoms with E-state index >= 15 is 0 Å². The Hall–Kier alpha value is -1.07. The van der Waals surface area contributed by atoms with E-state index in [-0.39, 0.29) is 11.8 Å². The topological polar surface area (TPSA) is 49.4 Å². The summed E-state index contributed by atoms with van der Waals surface area (Å²) in [6.07, 6.45) is 2.35. The third-order valence-electron chi connectivity index (χ3n) is 3.23. The van der Waals surface area contributed by atoms with Crippen molar-refractivity contribution in [2.75, 3.05) is 19.6 Å². The highest BCUT2D eigenvalue weighted by Crippen LogP contribution is 2.20. The number of nitrogens with zero attached hydrogens (tertiary/aromatic N) is 1. The number of halogens is 2. The van der Waals surface area contributed by atoms with Gasteiger partial charge < -0.3 is 10.2 Å². The molecule has 1 saturated heterocycles. The zero-order valence-electron chi connectivity index (χ0n) is 11.0. The highest BCUT2D eigenvalue weighted by molar-refractivity contribution is 9.10. The molecule has 1 heterocycles. The molecule has 0 saturated carbocycles. The zero-order valence-corrected chi connectivity index (χ0v) is 13.3. The molecule has 1 aliphatic rings. The first-order chi connectivity index (χ1) is 9.58. The Balaban J connectivity index is 1.77. The largest absolute Gasteiger partial charge is 0.352 e. The number of likely N-dealkylation sites (tertiary alicyclic amines) is 1. The van der Waals surface area contributed by atoms with Gasteiger partial charge in [0.1, 0.15) is 0 Å². The van der Waals surface area contributed by atoms with Crippen molar-refractivity contribution in [1.29, 1.82) is 0 Å². The molecule has 6 heteroatoms. The molecule has 2 rings (SSSR count). The number of nitrogens with one attached hydrogen (secondary N) is 1. The number of carbonyl (C=O) groups is 2. The summed E-state index contributed by atoms with van der Waals surface area (Å²) in [5.74, 6) is 0.0235. The lowest BCUT2D eigenvalue weighted by Crippen LogP contribution is -2.30. The number of amides is 2. The molecule has 0 radical (unpaired) electrons. The molecule has 20 heavy (non-hydrogen) atoms. The molecule has 0 aromatic heterocycles. The molecule has 2 amide bonds. The highest BCUT2D eigenvalue weighted by atomic mass is 79.9. The van der Waals surface area contributed by atoms with Gasteiger partial charge in [-0.3, -0.25) is 9.59 Å². The van der Waals surface area contributed by atoms with Gasteiger partial charge in [-0.1, -0.05) is 27.5 Å². The van der Waals surface area contributed by atoms with Crippen molar-refractivity contribution in [2.45, 2.75) is 19.3 Å². The summed E-state index contributed by atoms with van der Waals surface area (Å²) in [4.78, 5) is 25.2. The van der Waals surface area contributed by atoms with Gasteiger partial charge in [0, 0.05) is 30.5 Å². The SMILES string of the molecule is O=C(NCCCN1CCCC1=O)c1cc(Br)ccc1Cl. The van der Waals surface area contributed by atoms with E-state index in [2.05, 4.69) is 21.2 Å². The van der Waals surface area contributed by atoms with Crippen LogP contribution in [0.4, 0.5) is 0 Å². The van der Waals surface area contributed by atoms with Gasteiger partial charge in [0.25, 0.3) is 5.91 Å². The van der Waals surface area contributed by atoms with Gasteiger partial charge in [0.2, 0.25) is 5.91 Å². The van der Waals surface area contributed by atoms with Crippen LogP contribution in [-0.2, 0) is 4.79 Å². The molecular weight excluding hydrogens is 344 g/mol. The van der Waals surface area contributed by atoms with Crippen LogP contribution < -0.4 is 5.32 Å². The molecule has 1 N–H and O–H groups in total. The van der Waals surface area contributed by atoms with E-state index in [1.807, 2.05) is 4.90 Å². The second-order valence-corrected chi connectivity index (χ2v) is 6.04. The first-order valence-electron chi connectivity index (χ1n) is 6.59. The van der Waals surface area contributed by atoms with E-state index in [1.54, 1.807) is 18.2 Å². The Morgan fingerprint density at radius 2 is 2.25 bits per heavy atom. The number of rotatable bonds is 5. The highest BCUT2D eigenvalue weighted by Gasteiger charge is 2.19. The molecule has 0 spiro atoms. The Bertz CT molecular complexity index is 522. The fourth-order valence-corrected chi connectivity index (χ4v) is 2.74. The molecular formula is C14H16BrClN2O2. The minimum absolute atomic E-state index is 0.191. The molecule has 108 valence electrons. The van der Waals surface area contributed by atoms with Gasteiger partial charge >= 0.3 is 0 Å². The minimum Gasteiger partial charge on any atom is -0.352 e. The average molecular weight is 360 g/mol. The maximum atomic E-state index is 12.0. The molecule has 0 atom stereocenters. The lowest BCUT2D eigenvalue weighted by Gasteiger charge is -2.15. The second kappa shape index (κ2) is 7.09. The first-order valence-corrected chi connectivity index (χ1v) is 7.76. The van der Waals surface area contributed by atoms with Crippen LogP contribution in [0.2, 0.25) is 5.02 Å². The van der Waals surface area contributed by atoms with Crippen LogP contribution in [-0.4, -0.2) is 36.3 Å². The monoisotopic (exact) mass is 358 g/mol.